The molecule has 0 aliphatic carbocycles. The molecule has 0 radical (unpaired) electrons. The molecule has 0 N–H and O–H groups in total. The van der Waals surface area contributed by atoms with Crippen molar-refractivity contribution in [2.24, 2.45) is 0 Å². The van der Waals surface area contributed by atoms with Crippen LogP contribution in [0.1, 0.15) is 79.1 Å². The molecule has 0 spiro atoms. The molecule has 3 unspecified atom stereocenters. The van der Waals surface area contributed by atoms with Gasteiger partial charge in [-0.2, -0.15) is 0 Å². The molecule has 6 nitrogen and oxygen atoms in total. The molecule has 0 aromatic carbocycles. The number of esters is 1. The molecule has 28 heavy (non-hydrogen) atoms. The van der Waals surface area contributed by atoms with Gasteiger partial charge in [0.25, 0.3) is 0 Å². The summed E-state index contributed by atoms with van der Waals surface area (Å²) in [6.45, 7) is 11.2. The average molecular weight is 403 g/mol. The second-order valence-electron chi connectivity index (χ2n) is 7.43. The summed E-state index contributed by atoms with van der Waals surface area (Å²) in [5.74, 6) is -0.364. The van der Waals surface area contributed by atoms with Gasteiger partial charge in [0.2, 0.25) is 0 Å². The number of hydrogen-bond donors (Lipinski definition) is 0. The van der Waals surface area contributed by atoms with Gasteiger partial charge in [-0.05, 0) is 25.7 Å². The highest BCUT2D eigenvalue weighted by Crippen LogP contribution is 2.26. The lowest BCUT2D eigenvalue weighted by Crippen LogP contribution is -2.60. The molecule has 0 aromatic rings. The highest BCUT2D eigenvalue weighted by Gasteiger charge is 2.48. The second-order valence-corrected chi connectivity index (χ2v) is 7.43. The summed E-state index contributed by atoms with van der Waals surface area (Å²) in [4.78, 5) is 12.7. The van der Waals surface area contributed by atoms with Crippen LogP contribution in [0.4, 0.5) is 0 Å². The smallest absolute Gasteiger partial charge is 0.338 e. The molecule has 4 atom stereocenters. The third kappa shape index (κ3) is 9.21. The summed E-state index contributed by atoms with van der Waals surface area (Å²) >= 11 is 0. The molecule has 0 bridgehead atoms. The molecule has 1 fully saturated rings. The van der Waals surface area contributed by atoms with Crippen molar-refractivity contribution in [3.63, 3.8) is 0 Å². The van der Waals surface area contributed by atoms with Crippen molar-refractivity contribution in [3.05, 3.63) is 0 Å². The summed E-state index contributed by atoms with van der Waals surface area (Å²) in [5.41, 5.74) is 0. The van der Waals surface area contributed by atoms with Gasteiger partial charge in [0.15, 0.2) is 12.2 Å². The Morgan fingerprint density at radius 2 is 1.21 bits per heavy atom. The fraction of sp³-hybridized carbons (Fsp3) is 0.955. The van der Waals surface area contributed by atoms with E-state index in [1.165, 1.54) is 0 Å². The minimum absolute atomic E-state index is 0.331. The molecule has 1 heterocycles. The molecule has 6 heteroatoms. The molecule has 0 saturated carbocycles. The molecule has 0 aromatic heterocycles. The van der Waals surface area contributed by atoms with E-state index in [9.17, 15) is 4.79 Å². The van der Waals surface area contributed by atoms with Crippen LogP contribution in [0.2, 0.25) is 0 Å². The van der Waals surface area contributed by atoms with Crippen LogP contribution in [-0.4, -0.2) is 63.4 Å². The van der Waals surface area contributed by atoms with Crippen molar-refractivity contribution in [2.45, 2.75) is 103 Å². The Kier molecular flexibility index (Phi) is 14.6. The highest BCUT2D eigenvalue weighted by atomic mass is 16.6. The molecule has 1 rings (SSSR count). The van der Waals surface area contributed by atoms with Crippen LogP contribution < -0.4 is 0 Å². The number of carbonyl (C=O) groups excluding carboxylic acids is 1. The van der Waals surface area contributed by atoms with E-state index in [0.717, 1.165) is 51.4 Å². The summed E-state index contributed by atoms with van der Waals surface area (Å²) in [5, 5.41) is 0. The molecule has 166 valence electrons. The number of carbonyl (C=O) groups is 1. The topological polar surface area (TPSA) is 63.2 Å². The van der Waals surface area contributed by atoms with Gasteiger partial charge in [-0.15, -0.1) is 0 Å². The Bertz CT molecular complexity index is 389. The van der Waals surface area contributed by atoms with Gasteiger partial charge < -0.3 is 23.7 Å². The van der Waals surface area contributed by atoms with Crippen LogP contribution in [0.3, 0.4) is 0 Å². The minimum atomic E-state index is -0.734. The SMILES string of the molecule is CCCCOCC1OC(=O)[C@H](OCCCC)C(OCCCC)C1OCCCC. The third-order valence-corrected chi connectivity index (χ3v) is 4.82. The van der Waals surface area contributed by atoms with Gasteiger partial charge in [-0.25, -0.2) is 4.79 Å². The molecule has 1 aliphatic heterocycles. The monoisotopic (exact) mass is 402 g/mol. The highest BCUT2D eigenvalue weighted by molar-refractivity contribution is 5.77. The van der Waals surface area contributed by atoms with E-state index in [4.69, 9.17) is 23.7 Å². The van der Waals surface area contributed by atoms with Crippen molar-refractivity contribution >= 4 is 5.97 Å². The number of rotatable bonds is 17. The maximum atomic E-state index is 12.7. The summed E-state index contributed by atoms with van der Waals surface area (Å²) in [6.07, 6.45) is 5.91. The number of ether oxygens (including phenoxy) is 5. The number of hydrogen-bond acceptors (Lipinski definition) is 6. The van der Waals surface area contributed by atoms with Crippen molar-refractivity contribution in [1.29, 1.82) is 0 Å². The van der Waals surface area contributed by atoms with E-state index in [0.29, 0.717) is 33.0 Å². The lowest BCUT2D eigenvalue weighted by atomic mass is 9.98. The van der Waals surface area contributed by atoms with Gasteiger partial charge in [-0.1, -0.05) is 53.4 Å². The van der Waals surface area contributed by atoms with E-state index in [1.807, 2.05) is 0 Å². The Labute approximate surface area is 171 Å². The van der Waals surface area contributed by atoms with Crippen LogP contribution in [0.25, 0.3) is 0 Å². The molecule has 1 aliphatic rings. The number of cyclic esters (lactones) is 1. The lowest BCUT2D eigenvalue weighted by molar-refractivity contribution is -0.233. The van der Waals surface area contributed by atoms with Crippen LogP contribution in [0.5, 0.6) is 0 Å². The van der Waals surface area contributed by atoms with Crippen LogP contribution in [0, 0.1) is 0 Å². The standard InChI is InChI=1S/C22H42O6/c1-5-9-13-24-17-18-19(25-14-10-6-2)20(26-15-11-7-3)21(22(23)28-18)27-16-12-8-4/h18-21H,5-17H2,1-4H3/t18?,19?,20?,21-/m1/s1. The van der Waals surface area contributed by atoms with Gasteiger partial charge in [0.05, 0.1) is 6.61 Å². The van der Waals surface area contributed by atoms with Gasteiger partial charge >= 0.3 is 5.97 Å². The van der Waals surface area contributed by atoms with E-state index in [2.05, 4.69) is 27.7 Å². The summed E-state index contributed by atoms with van der Waals surface area (Å²) in [7, 11) is 0. The van der Waals surface area contributed by atoms with E-state index in [-0.39, 0.29) is 12.1 Å². The minimum Gasteiger partial charge on any atom is -0.455 e. The first-order valence-corrected chi connectivity index (χ1v) is 11.3. The van der Waals surface area contributed by atoms with Gasteiger partial charge in [0, 0.05) is 26.4 Å². The molecular formula is C22H42O6. The normalized spacial score (nSPS) is 25.1. The first-order chi connectivity index (χ1) is 13.7. The first-order valence-electron chi connectivity index (χ1n) is 11.3. The van der Waals surface area contributed by atoms with E-state index < -0.39 is 18.3 Å². The lowest BCUT2D eigenvalue weighted by Gasteiger charge is -2.41. The van der Waals surface area contributed by atoms with Crippen molar-refractivity contribution in [2.75, 3.05) is 33.0 Å². The summed E-state index contributed by atoms with van der Waals surface area (Å²) < 4.78 is 29.6. The maximum absolute atomic E-state index is 12.7. The quantitative estimate of drug-likeness (QED) is 0.267. The number of unbranched alkanes of at least 4 members (excludes halogenated alkanes) is 4. The first kappa shape index (κ1) is 25.3. The van der Waals surface area contributed by atoms with Crippen molar-refractivity contribution < 1.29 is 28.5 Å². The van der Waals surface area contributed by atoms with Gasteiger partial charge in [0.1, 0.15) is 12.2 Å². The largest absolute Gasteiger partial charge is 0.455 e. The van der Waals surface area contributed by atoms with Crippen molar-refractivity contribution in [3.8, 4) is 0 Å². The van der Waals surface area contributed by atoms with Gasteiger partial charge in [-0.3, -0.25) is 0 Å². The zero-order valence-electron chi connectivity index (χ0n) is 18.5. The predicted molar refractivity (Wildman–Crippen MR) is 110 cm³/mol. The zero-order valence-corrected chi connectivity index (χ0v) is 18.5. The Morgan fingerprint density at radius 3 is 1.79 bits per heavy atom. The second kappa shape index (κ2) is 16.1. The molecular weight excluding hydrogens is 360 g/mol. The van der Waals surface area contributed by atoms with Crippen LogP contribution in [0.15, 0.2) is 0 Å². The van der Waals surface area contributed by atoms with Crippen LogP contribution >= 0.6 is 0 Å². The molecule has 0 amide bonds. The van der Waals surface area contributed by atoms with Crippen molar-refractivity contribution in [1.82, 2.24) is 0 Å². The Hall–Kier alpha value is -0.690. The predicted octanol–water partition coefficient (Wildman–Crippen LogP) is 4.28. The Balaban J connectivity index is 2.86. The van der Waals surface area contributed by atoms with E-state index in [1.54, 1.807) is 0 Å². The zero-order chi connectivity index (χ0) is 20.6. The molecule has 1 saturated heterocycles. The maximum Gasteiger partial charge on any atom is 0.338 e. The third-order valence-electron chi connectivity index (χ3n) is 4.82. The fourth-order valence-electron chi connectivity index (χ4n) is 3.01. The average Bonchev–Trinajstić information content (AvgIpc) is 2.69. The van der Waals surface area contributed by atoms with E-state index >= 15 is 0 Å². The fourth-order valence-corrected chi connectivity index (χ4v) is 3.01. The Morgan fingerprint density at radius 1 is 0.714 bits per heavy atom. The van der Waals surface area contributed by atoms with Crippen LogP contribution in [-0.2, 0) is 28.5 Å². The summed E-state index contributed by atoms with van der Waals surface area (Å²) in [6, 6.07) is 0.